The average molecular weight is 216 g/mol. The van der Waals surface area contributed by atoms with Gasteiger partial charge in [-0.2, -0.15) is 10.4 Å². The molecule has 2 rings (SSSR count). The molecule has 0 saturated heterocycles. The molecular formula is C11H9FN4. The Morgan fingerprint density at radius 2 is 2.06 bits per heavy atom. The third kappa shape index (κ3) is 2.42. The van der Waals surface area contributed by atoms with Crippen LogP contribution in [0, 0.1) is 17.1 Å². The van der Waals surface area contributed by atoms with Gasteiger partial charge in [-0.1, -0.05) is 12.1 Å². The van der Waals surface area contributed by atoms with E-state index in [4.69, 9.17) is 5.26 Å². The molecule has 0 unspecified atom stereocenters. The van der Waals surface area contributed by atoms with Crippen molar-refractivity contribution in [3.63, 3.8) is 0 Å². The van der Waals surface area contributed by atoms with E-state index >= 15 is 0 Å². The highest BCUT2D eigenvalue weighted by Crippen LogP contribution is 2.07. The fourth-order valence-corrected chi connectivity index (χ4v) is 1.36. The van der Waals surface area contributed by atoms with Gasteiger partial charge in [0, 0.05) is 6.42 Å². The van der Waals surface area contributed by atoms with Crippen molar-refractivity contribution in [1.29, 1.82) is 5.26 Å². The van der Waals surface area contributed by atoms with E-state index in [0.29, 0.717) is 18.1 Å². The number of halogens is 1. The maximum absolute atomic E-state index is 12.7. The molecule has 0 spiro atoms. The predicted molar refractivity (Wildman–Crippen MR) is 54.9 cm³/mol. The summed E-state index contributed by atoms with van der Waals surface area (Å²) in [6.45, 7) is 0. The molecule has 0 aliphatic carbocycles. The Morgan fingerprint density at radius 3 is 2.75 bits per heavy atom. The number of nitriles is 1. The minimum absolute atomic E-state index is 0.194. The molecule has 0 saturated carbocycles. The van der Waals surface area contributed by atoms with E-state index in [0.717, 1.165) is 5.56 Å². The largest absolute Gasteiger partial charge is 0.263 e. The van der Waals surface area contributed by atoms with Gasteiger partial charge in [0.05, 0.1) is 12.5 Å². The van der Waals surface area contributed by atoms with Crippen LogP contribution in [0.5, 0.6) is 0 Å². The molecule has 16 heavy (non-hydrogen) atoms. The van der Waals surface area contributed by atoms with Crippen LogP contribution in [0.2, 0.25) is 0 Å². The Balaban J connectivity index is 2.09. The number of rotatable bonds is 3. The molecule has 0 aliphatic heterocycles. The molecule has 1 aromatic heterocycles. The van der Waals surface area contributed by atoms with Crippen LogP contribution in [-0.2, 0) is 12.8 Å². The summed E-state index contributed by atoms with van der Waals surface area (Å²) >= 11 is 0. The number of nitrogens with one attached hydrogen (secondary N) is 1. The fourth-order valence-electron chi connectivity index (χ4n) is 1.36. The SMILES string of the molecule is N#CCc1n[nH]c(Cc2ccc(F)cc2)n1. The van der Waals surface area contributed by atoms with Crippen LogP contribution in [-0.4, -0.2) is 15.2 Å². The maximum atomic E-state index is 12.7. The summed E-state index contributed by atoms with van der Waals surface area (Å²) in [4.78, 5) is 4.13. The van der Waals surface area contributed by atoms with Crippen molar-refractivity contribution < 1.29 is 4.39 Å². The van der Waals surface area contributed by atoms with Crippen LogP contribution in [0.4, 0.5) is 4.39 Å². The monoisotopic (exact) mass is 216 g/mol. The topological polar surface area (TPSA) is 65.4 Å². The third-order valence-electron chi connectivity index (χ3n) is 2.10. The first-order chi connectivity index (χ1) is 7.78. The summed E-state index contributed by atoms with van der Waals surface area (Å²) in [5.74, 6) is 0.906. The lowest BCUT2D eigenvalue weighted by Gasteiger charge is -1.96. The zero-order valence-electron chi connectivity index (χ0n) is 8.44. The first kappa shape index (κ1) is 10.3. The van der Waals surface area contributed by atoms with Gasteiger partial charge in [-0.15, -0.1) is 0 Å². The quantitative estimate of drug-likeness (QED) is 0.847. The van der Waals surface area contributed by atoms with Crippen LogP contribution in [0.25, 0.3) is 0 Å². The van der Waals surface area contributed by atoms with E-state index in [9.17, 15) is 4.39 Å². The zero-order valence-corrected chi connectivity index (χ0v) is 8.44. The summed E-state index contributed by atoms with van der Waals surface area (Å²) in [6.07, 6.45) is 0.749. The van der Waals surface area contributed by atoms with Gasteiger partial charge in [-0.3, -0.25) is 5.10 Å². The Bertz CT molecular complexity index is 510. The van der Waals surface area contributed by atoms with Gasteiger partial charge in [0.2, 0.25) is 0 Å². The van der Waals surface area contributed by atoms with Gasteiger partial charge in [-0.05, 0) is 17.7 Å². The Kier molecular flexibility index (Phi) is 2.92. The second-order valence-electron chi connectivity index (χ2n) is 3.34. The number of nitrogens with zero attached hydrogens (tertiary/aromatic N) is 3. The van der Waals surface area contributed by atoms with Crippen LogP contribution in [0.1, 0.15) is 17.2 Å². The molecule has 0 bridgehead atoms. The maximum Gasteiger partial charge on any atom is 0.164 e. The number of H-pyrrole nitrogens is 1. The van der Waals surface area contributed by atoms with Gasteiger partial charge in [0.15, 0.2) is 5.82 Å². The summed E-state index contributed by atoms with van der Waals surface area (Å²) in [5, 5.41) is 15.1. The van der Waals surface area contributed by atoms with E-state index < -0.39 is 0 Å². The lowest BCUT2D eigenvalue weighted by Crippen LogP contribution is -1.91. The number of benzene rings is 1. The van der Waals surface area contributed by atoms with Crippen LogP contribution < -0.4 is 0 Å². The normalized spacial score (nSPS) is 10.0. The molecular weight excluding hydrogens is 207 g/mol. The van der Waals surface area contributed by atoms with Crippen molar-refractivity contribution in [3.05, 3.63) is 47.3 Å². The van der Waals surface area contributed by atoms with E-state index in [-0.39, 0.29) is 12.2 Å². The van der Waals surface area contributed by atoms with Crippen LogP contribution in [0.15, 0.2) is 24.3 Å². The molecule has 0 fully saturated rings. The van der Waals surface area contributed by atoms with Crippen molar-refractivity contribution in [2.24, 2.45) is 0 Å². The minimum atomic E-state index is -0.258. The second kappa shape index (κ2) is 4.53. The average Bonchev–Trinajstić information content (AvgIpc) is 2.70. The van der Waals surface area contributed by atoms with Crippen molar-refractivity contribution in [1.82, 2.24) is 15.2 Å². The summed E-state index contributed by atoms with van der Waals surface area (Å²) in [5.41, 5.74) is 0.945. The van der Waals surface area contributed by atoms with Crippen LogP contribution in [0.3, 0.4) is 0 Å². The van der Waals surface area contributed by atoms with Crippen molar-refractivity contribution in [3.8, 4) is 6.07 Å². The number of hydrogen-bond donors (Lipinski definition) is 1. The molecule has 0 radical (unpaired) electrons. The molecule has 4 nitrogen and oxygen atoms in total. The van der Waals surface area contributed by atoms with Gasteiger partial charge < -0.3 is 0 Å². The van der Waals surface area contributed by atoms with Crippen LogP contribution >= 0.6 is 0 Å². The van der Waals surface area contributed by atoms with Crippen molar-refractivity contribution in [2.45, 2.75) is 12.8 Å². The van der Waals surface area contributed by atoms with Gasteiger partial charge in [-0.25, -0.2) is 9.37 Å². The van der Waals surface area contributed by atoms with E-state index in [1.807, 2.05) is 6.07 Å². The molecule has 80 valence electrons. The second-order valence-corrected chi connectivity index (χ2v) is 3.34. The zero-order chi connectivity index (χ0) is 11.4. The summed E-state index contributed by atoms with van der Waals surface area (Å²) < 4.78 is 12.7. The molecule has 2 aromatic rings. The van der Waals surface area contributed by atoms with E-state index in [1.165, 1.54) is 12.1 Å². The van der Waals surface area contributed by atoms with Gasteiger partial charge >= 0.3 is 0 Å². The Hall–Kier alpha value is -2.22. The Labute approximate surface area is 91.8 Å². The van der Waals surface area contributed by atoms with Crippen molar-refractivity contribution in [2.75, 3.05) is 0 Å². The highest BCUT2D eigenvalue weighted by Gasteiger charge is 2.03. The van der Waals surface area contributed by atoms with Gasteiger partial charge in [0.1, 0.15) is 11.6 Å². The molecule has 0 aliphatic rings. The lowest BCUT2D eigenvalue weighted by atomic mass is 10.1. The highest BCUT2D eigenvalue weighted by molar-refractivity contribution is 5.19. The third-order valence-corrected chi connectivity index (χ3v) is 2.10. The number of aromatic nitrogens is 3. The molecule has 0 atom stereocenters. The standard InChI is InChI=1S/C11H9FN4/c12-9-3-1-8(2-4-9)7-11-14-10(5-6-13)15-16-11/h1-4H,5,7H2,(H,14,15,16). The first-order valence-electron chi connectivity index (χ1n) is 4.79. The minimum Gasteiger partial charge on any atom is -0.263 e. The predicted octanol–water partition coefficient (Wildman–Crippen LogP) is 1.60. The first-order valence-corrected chi connectivity index (χ1v) is 4.79. The fraction of sp³-hybridized carbons (Fsp3) is 0.182. The molecule has 5 heteroatoms. The molecule has 1 aromatic carbocycles. The Morgan fingerprint density at radius 1 is 1.31 bits per heavy atom. The van der Waals surface area contributed by atoms with E-state index in [2.05, 4.69) is 15.2 Å². The summed E-state index contributed by atoms with van der Waals surface area (Å²) in [7, 11) is 0. The smallest absolute Gasteiger partial charge is 0.164 e. The molecule has 1 heterocycles. The highest BCUT2D eigenvalue weighted by atomic mass is 19.1. The van der Waals surface area contributed by atoms with E-state index in [1.54, 1.807) is 12.1 Å². The molecule has 0 amide bonds. The van der Waals surface area contributed by atoms with Gasteiger partial charge in [0.25, 0.3) is 0 Å². The summed E-state index contributed by atoms with van der Waals surface area (Å²) in [6, 6.07) is 8.18. The lowest BCUT2D eigenvalue weighted by molar-refractivity contribution is 0.627. The number of hydrogen-bond acceptors (Lipinski definition) is 3. The van der Waals surface area contributed by atoms with Crippen molar-refractivity contribution >= 4 is 0 Å². The molecule has 1 N–H and O–H groups in total. The number of aromatic amines is 1.